The summed E-state index contributed by atoms with van der Waals surface area (Å²) < 4.78 is 1.05. The minimum absolute atomic E-state index is 0.0930. The molecule has 0 fully saturated rings. The lowest BCUT2D eigenvalue weighted by Gasteiger charge is -2.09. The highest BCUT2D eigenvalue weighted by atomic mass is 16.4. The number of nitrogens with zero attached hydrogens (tertiary/aromatic N) is 1. The van der Waals surface area contributed by atoms with Crippen LogP contribution in [0.5, 0.6) is 11.8 Å². The molecular weight excluding hydrogens is 198 g/mol. The lowest BCUT2D eigenvalue weighted by molar-refractivity contribution is -0.137. The van der Waals surface area contributed by atoms with Gasteiger partial charge < -0.3 is 15.3 Å². The minimum atomic E-state index is -1.08. The number of hydrogen-bond donors (Lipinski definition) is 3. The Morgan fingerprint density at radius 2 is 1.60 bits per heavy atom. The quantitative estimate of drug-likeness (QED) is 0.677. The number of carbonyl (C=O) groups is 1. The molecule has 15 heavy (non-hydrogen) atoms. The van der Waals surface area contributed by atoms with Gasteiger partial charge in [-0.3, -0.25) is 9.36 Å². The number of hydrogen-bond acceptors (Lipinski definition) is 3. The van der Waals surface area contributed by atoms with Crippen molar-refractivity contribution >= 4 is 5.97 Å². The van der Waals surface area contributed by atoms with Crippen LogP contribution in [-0.2, 0) is 24.2 Å². The Morgan fingerprint density at radius 1 is 1.13 bits per heavy atom. The second kappa shape index (κ2) is 3.49. The van der Waals surface area contributed by atoms with Gasteiger partial charge in [0, 0.05) is 11.1 Å². The maximum atomic E-state index is 10.5. The molecule has 1 aromatic heterocycles. The van der Waals surface area contributed by atoms with Gasteiger partial charge in [0.2, 0.25) is 0 Å². The molecule has 0 aliphatic heterocycles. The van der Waals surface area contributed by atoms with Crippen molar-refractivity contribution in [1.29, 1.82) is 0 Å². The molecule has 1 aliphatic carbocycles. The summed E-state index contributed by atoms with van der Waals surface area (Å²) >= 11 is 0. The van der Waals surface area contributed by atoms with E-state index in [0.29, 0.717) is 24.0 Å². The molecule has 5 heteroatoms. The summed E-state index contributed by atoms with van der Waals surface area (Å²) in [6.07, 6.45) is 3.36. The van der Waals surface area contributed by atoms with Crippen LogP contribution >= 0.6 is 0 Å². The number of aliphatic carboxylic acids is 1. The first-order chi connectivity index (χ1) is 7.11. The van der Waals surface area contributed by atoms with Crippen molar-refractivity contribution in [3.05, 3.63) is 11.1 Å². The number of carboxylic acids is 1. The number of fused-ring (bicyclic) bond motifs is 1. The summed E-state index contributed by atoms with van der Waals surface area (Å²) in [7, 11) is 0. The second-order valence-electron chi connectivity index (χ2n) is 3.79. The molecule has 2 rings (SSSR count). The van der Waals surface area contributed by atoms with Crippen molar-refractivity contribution in [2.75, 3.05) is 0 Å². The average molecular weight is 211 g/mol. The van der Waals surface area contributed by atoms with Crippen molar-refractivity contribution in [3.8, 4) is 11.8 Å². The van der Waals surface area contributed by atoms with Crippen LogP contribution in [0.25, 0.3) is 0 Å². The summed E-state index contributed by atoms with van der Waals surface area (Å²) in [5, 5.41) is 28.1. The fraction of sp³-hybridized carbons (Fsp3) is 0.500. The molecule has 0 atom stereocenters. The third kappa shape index (κ3) is 1.54. The van der Waals surface area contributed by atoms with Gasteiger partial charge in [-0.25, -0.2) is 0 Å². The van der Waals surface area contributed by atoms with Crippen LogP contribution in [0.1, 0.15) is 24.0 Å². The molecule has 3 N–H and O–H groups in total. The Kier molecular flexibility index (Phi) is 2.30. The van der Waals surface area contributed by atoms with Gasteiger partial charge in [-0.05, 0) is 25.7 Å². The number of carboxylic acid groups (broad SMARTS) is 1. The van der Waals surface area contributed by atoms with Crippen molar-refractivity contribution in [1.82, 2.24) is 4.57 Å². The first kappa shape index (κ1) is 9.89. The fourth-order valence-corrected chi connectivity index (χ4v) is 2.11. The van der Waals surface area contributed by atoms with Crippen LogP contribution in [0.2, 0.25) is 0 Å². The lowest BCUT2D eigenvalue weighted by Crippen LogP contribution is -2.07. The zero-order chi connectivity index (χ0) is 11.0. The largest absolute Gasteiger partial charge is 0.494 e. The Hall–Kier alpha value is -1.65. The maximum absolute atomic E-state index is 10.5. The van der Waals surface area contributed by atoms with Crippen LogP contribution in [0.15, 0.2) is 0 Å². The van der Waals surface area contributed by atoms with E-state index in [1.165, 1.54) is 0 Å². The first-order valence-corrected chi connectivity index (χ1v) is 4.95. The molecule has 0 aromatic carbocycles. The predicted molar refractivity (Wildman–Crippen MR) is 52.0 cm³/mol. The number of aromatic nitrogens is 1. The van der Waals surface area contributed by atoms with E-state index in [4.69, 9.17) is 5.11 Å². The van der Waals surface area contributed by atoms with Gasteiger partial charge in [0.15, 0.2) is 11.8 Å². The molecular formula is C10H13NO4. The summed E-state index contributed by atoms with van der Waals surface area (Å²) in [6, 6.07) is 0. The third-order valence-corrected chi connectivity index (χ3v) is 2.81. The molecule has 0 bridgehead atoms. The molecule has 0 spiro atoms. The standard InChI is InChI=1S/C10H13NO4/c12-8(13)5-11-9(14)6-3-1-2-4-7(6)10(11)15/h14-15H,1-5H2,(H,12,13). The van der Waals surface area contributed by atoms with E-state index < -0.39 is 12.5 Å². The highest BCUT2D eigenvalue weighted by molar-refractivity contribution is 5.68. The van der Waals surface area contributed by atoms with E-state index in [9.17, 15) is 15.0 Å². The summed E-state index contributed by atoms with van der Waals surface area (Å²) in [4.78, 5) is 10.5. The van der Waals surface area contributed by atoms with E-state index >= 15 is 0 Å². The topological polar surface area (TPSA) is 82.7 Å². The Labute approximate surface area is 86.6 Å². The fourth-order valence-electron chi connectivity index (χ4n) is 2.11. The molecule has 0 saturated carbocycles. The van der Waals surface area contributed by atoms with E-state index in [-0.39, 0.29) is 11.8 Å². The minimum Gasteiger partial charge on any atom is -0.494 e. The molecule has 1 aliphatic rings. The zero-order valence-electron chi connectivity index (χ0n) is 8.23. The van der Waals surface area contributed by atoms with Gasteiger partial charge in [-0.15, -0.1) is 0 Å². The highest BCUT2D eigenvalue weighted by Crippen LogP contribution is 2.38. The normalized spacial score (nSPS) is 14.9. The zero-order valence-corrected chi connectivity index (χ0v) is 8.23. The summed E-state index contributed by atoms with van der Waals surface area (Å²) in [6.45, 7) is -0.398. The van der Waals surface area contributed by atoms with Crippen LogP contribution in [0.3, 0.4) is 0 Å². The van der Waals surface area contributed by atoms with Crippen molar-refractivity contribution in [2.45, 2.75) is 32.2 Å². The van der Waals surface area contributed by atoms with Crippen LogP contribution in [0.4, 0.5) is 0 Å². The van der Waals surface area contributed by atoms with Crippen molar-refractivity contribution < 1.29 is 20.1 Å². The Morgan fingerprint density at radius 3 is 2.00 bits per heavy atom. The van der Waals surface area contributed by atoms with Gasteiger partial charge in [-0.2, -0.15) is 0 Å². The Bertz CT molecular complexity index is 379. The van der Waals surface area contributed by atoms with Crippen LogP contribution in [0, 0.1) is 0 Å². The Balaban J connectivity index is 2.46. The average Bonchev–Trinajstić information content (AvgIpc) is 2.44. The molecule has 0 saturated heterocycles. The van der Waals surface area contributed by atoms with Crippen molar-refractivity contribution in [2.24, 2.45) is 0 Å². The maximum Gasteiger partial charge on any atom is 0.323 e. The molecule has 82 valence electrons. The van der Waals surface area contributed by atoms with Gasteiger partial charge >= 0.3 is 5.97 Å². The highest BCUT2D eigenvalue weighted by Gasteiger charge is 2.25. The van der Waals surface area contributed by atoms with Gasteiger partial charge in [0.1, 0.15) is 6.54 Å². The molecule has 0 radical (unpaired) electrons. The molecule has 5 nitrogen and oxygen atoms in total. The number of rotatable bonds is 2. The summed E-state index contributed by atoms with van der Waals surface area (Å²) in [5.41, 5.74) is 1.42. The smallest absolute Gasteiger partial charge is 0.323 e. The molecule has 0 unspecified atom stereocenters. The van der Waals surface area contributed by atoms with Gasteiger partial charge in [0.25, 0.3) is 0 Å². The summed E-state index contributed by atoms with van der Waals surface area (Å²) in [5.74, 6) is -1.26. The number of aromatic hydroxyl groups is 2. The SMILES string of the molecule is O=C(O)Cn1c(O)c2c(c1O)CCCC2. The predicted octanol–water partition coefficient (Wildman–Crippen LogP) is 0.863. The van der Waals surface area contributed by atoms with Crippen molar-refractivity contribution in [3.63, 3.8) is 0 Å². The van der Waals surface area contributed by atoms with Gasteiger partial charge in [0.05, 0.1) is 0 Å². The van der Waals surface area contributed by atoms with E-state index in [2.05, 4.69) is 0 Å². The molecule has 1 heterocycles. The molecule has 0 amide bonds. The first-order valence-electron chi connectivity index (χ1n) is 4.95. The van der Waals surface area contributed by atoms with Crippen LogP contribution in [-0.4, -0.2) is 25.9 Å². The lowest BCUT2D eigenvalue weighted by atomic mass is 9.95. The van der Waals surface area contributed by atoms with E-state index in [0.717, 1.165) is 17.4 Å². The second-order valence-corrected chi connectivity index (χ2v) is 3.79. The van der Waals surface area contributed by atoms with Crippen LogP contribution < -0.4 is 0 Å². The third-order valence-electron chi connectivity index (χ3n) is 2.81. The van der Waals surface area contributed by atoms with E-state index in [1.807, 2.05) is 0 Å². The van der Waals surface area contributed by atoms with E-state index in [1.54, 1.807) is 0 Å². The van der Waals surface area contributed by atoms with Gasteiger partial charge in [-0.1, -0.05) is 0 Å². The molecule has 1 aromatic rings. The monoisotopic (exact) mass is 211 g/mol.